The molecule has 5 nitrogen and oxygen atoms in total. The van der Waals surface area contributed by atoms with Gasteiger partial charge in [0, 0.05) is 19.5 Å². The van der Waals surface area contributed by atoms with E-state index in [9.17, 15) is 13.2 Å². The van der Waals surface area contributed by atoms with Gasteiger partial charge in [-0.2, -0.15) is 0 Å². The smallest absolute Gasteiger partial charge is 0.232 e. The first-order valence-corrected chi connectivity index (χ1v) is 11.1. The molecule has 26 heavy (non-hydrogen) atoms. The van der Waals surface area contributed by atoms with Crippen LogP contribution in [0.15, 0.2) is 29.8 Å². The number of hydrogen-bond acceptors (Lipinski definition) is 3. The average Bonchev–Trinajstić information content (AvgIpc) is 2.55. The van der Waals surface area contributed by atoms with Gasteiger partial charge in [0.2, 0.25) is 15.9 Å². The molecule has 0 saturated heterocycles. The Morgan fingerprint density at radius 3 is 2.42 bits per heavy atom. The van der Waals surface area contributed by atoms with Crippen LogP contribution in [0, 0.1) is 13.8 Å². The molecule has 0 saturated carbocycles. The van der Waals surface area contributed by atoms with Gasteiger partial charge in [0.1, 0.15) is 0 Å². The van der Waals surface area contributed by atoms with E-state index < -0.39 is 10.0 Å². The minimum atomic E-state index is -3.39. The Morgan fingerprint density at radius 1 is 1.15 bits per heavy atom. The van der Waals surface area contributed by atoms with Gasteiger partial charge in [0.05, 0.1) is 11.9 Å². The Kier molecular flexibility index (Phi) is 7.26. The molecule has 1 N–H and O–H groups in total. The number of allylic oxidation sites excluding steroid dienone is 1. The molecule has 0 fully saturated rings. The monoisotopic (exact) mass is 378 g/mol. The second-order valence-electron chi connectivity index (χ2n) is 7.17. The Balaban J connectivity index is 1.89. The molecule has 1 aliphatic rings. The van der Waals surface area contributed by atoms with Gasteiger partial charge in [-0.05, 0) is 69.2 Å². The van der Waals surface area contributed by atoms with E-state index >= 15 is 0 Å². The number of rotatable bonds is 8. The molecular weight excluding hydrogens is 348 g/mol. The SMILES string of the molecule is Cc1cc(C)cc(N(CCCC(=O)NCC2=CCCCC2)S(C)(=O)=O)c1. The number of carbonyl (C=O) groups excluding carboxylic acids is 1. The van der Waals surface area contributed by atoms with Gasteiger partial charge in [0.25, 0.3) is 0 Å². The minimum Gasteiger partial charge on any atom is -0.352 e. The van der Waals surface area contributed by atoms with Crippen molar-refractivity contribution < 1.29 is 13.2 Å². The highest BCUT2D eigenvalue weighted by molar-refractivity contribution is 7.92. The second kappa shape index (κ2) is 9.21. The molecule has 0 bridgehead atoms. The molecule has 0 unspecified atom stereocenters. The number of sulfonamides is 1. The van der Waals surface area contributed by atoms with Gasteiger partial charge < -0.3 is 5.32 Å². The molecule has 1 aromatic rings. The van der Waals surface area contributed by atoms with Gasteiger partial charge in [-0.25, -0.2) is 8.42 Å². The van der Waals surface area contributed by atoms with Crippen LogP contribution in [0.1, 0.15) is 49.7 Å². The van der Waals surface area contributed by atoms with Gasteiger partial charge in [-0.3, -0.25) is 9.10 Å². The van der Waals surface area contributed by atoms with Crippen LogP contribution < -0.4 is 9.62 Å². The number of carbonyl (C=O) groups is 1. The summed E-state index contributed by atoms with van der Waals surface area (Å²) in [5.74, 6) is -0.0228. The summed E-state index contributed by atoms with van der Waals surface area (Å²) in [5, 5.41) is 2.95. The Hall–Kier alpha value is -1.82. The van der Waals surface area contributed by atoms with E-state index in [0.717, 1.165) is 24.0 Å². The van der Waals surface area contributed by atoms with Gasteiger partial charge in [-0.15, -0.1) is 0 Å². The lowest BCUT2D eigenvalue weighted by Gasteiger charge is -2.23. The van der Waals surface area contributed by atoms with E-state index in [1.165, 1.54) is 29.0 Å². The maximum atomic E-state index is 12.2. The molecule has 0 aliphatic heterocycles. The lowest BCUT2D eigenvalue weighted by Crippen LogP contribution is -2.32. The Bertz CT molecular complexity index is 749. The summed E-state index contributed by atoms with van der Waals surface area (Å²) in [4.78, 5) is 12.1. The van der Waals surface area contributed by atoms with Crippen LogP contribution in [0.5, 0.6) is 0 Å². The molecule has 1 aliphatic carbocycles. The third-order valence-corrected chi connectivity index (χ3v) is 5.75. The standard InChI is InChI=1S/C20H30N2O3S/c1-16-12-17(2)14-19(13-16)22(26(3,24)25)11-7-10-20(23)21-15-18-8-5-4-6-9-18/h8,12-14H,4-7,9-11,15H2,1-3H3,(H,21,23). The summed E-state index contributed by atoms with van der Waals surface area (Å²) in [6.07, 6.45) is 8.84. The van der Waals surface area contributed by atoms with Crippen molar-refractivity contribution in [2.45, 2.75) is 52.4 Å². The van der Waals surface area contributed by atoms with E-state index in [1.807, 2.05) is 32.0 Å². The van der Waals surface area contributed by atoms with Crippen LogP contribution in [-0.2, 0) is 14.8 Å². The van der Waals surface area contributed by atoms with Gasteiger partial charge in [-0.1, -0.05) is 17.7 Å². The van der Waals surface area contributed by atoms with E-state index in [1.54, 1.807) is 0 Å². The lowest BCUT2D eigenvalue weighted by molar-refractivity contribution is -0.120. The fourth-order valence-corrected chi connectivity index (χ4v) is 4.28. The fraction of sp³-hybridized carbons (Fsp3) is 0.550. The molecule has 1 amide bonds. The second-order valence-corrected chi connectivity index (χ2v) is 9.08. The van der Waals surface area contributed by atoms with Gasteiger partial charge >= 0.3 is 0 Å². The van der Waals surface area contributed by atoms with Crippen LogP contribution in [0.3, 0.4) is 0 Å². The van der Waals surface area contributed by atoms with Crippen LogP contribution in [0.4, 0.5) is 5.69 Å². The van der Waals surface area contributed by atoms with Crippen LogP contribution in [-0.4, -0.2) is 33.7 Å². The maximum Gasteiger partial charge on any atom is 0.232 e. The highest BCUT2D eigenvalue weighted by Crippen LogP contribution is 2.22. The first-order valence-electron chi connectivity index (χ1n) is 9.26. The highest BCUT2D eigenvalue weighted by Gasteiger charge is 2.18. The normalized spacial score (nSPS) is 14.7. The predicted molar refractivity (Wildman–Crippen MR) is 107 cm³/mol. The third kappa shape index (κ3) is 6.48. The van der Waals surface area contributed by atoms with Crippen molar-refractivity contribution in [2.75, 3.05) is 23.7 Å². The van der Waals surface area contributed by atoms with Crippen molar-refractivity contribution in [3.8, 4) is 0 Å². The van der Waals surface area contributed by atoms with Crippen molar-refractivity contribution in [3.63, 3.8) is 0 Å². The largest absolute Gasteiger partial charge is 0.352 e. The zero-order chi connectivity index (χ0) is 19.2. The molecule has 0 aromatic heterocycles. The number of nitrogens with one attached hydrogen (secondary N) is 1. The number of aryl methyl sites for hydroxylation is 2. The molecule has 6 heteroatoms. The summed E-state index contributed by atoms with van der Waals surface area (Å²) in [6, 6.07) is 5.74. The summed E-state index contributed by atoms with van der Waals surface area (Å²) >= 11 is 0. The lowest BCUT2D eigenvalue weighted by atomic mass is 10.00. The minimum absolute atomic E-state index is 0.0228. The number of hydrogen-bond donors (Lipinski definition) is 1. The first-order chi connectivity index (χ1) is 12.3. The Morgan fingerprint density at radius 2 is 1.85 bits per heavy atom. The summed E-state index contributed by atoms with van der Waals surface area (Å²) in [7, 11) is -3.39. The predicted octanol–water partition coefficient (Wildman–Crippen LogP) is 3.47. The van der Waals surface area contributed by atoms with Gasteiger partial charge in [0.15, 0.2) is 0 Å². The summed E-state index contributed by atoms with van der Waals surface area (Å²) in [5.41, 5.74) is 4.01. The van der Waals surface area contributed by atoms with Crippen LogP contribution in [0.25, 0.3) is 0 Å². The fourth-order valence-electron chi connectivity index (χ4n) is 3.33. The van der Waals surface area contributed by atoms with E-state index in [2.05, 4.69) is 11.4 Å². The van der Waals surface area contributed by atoms with Crippen molar-refractivity contribution in [1.29, 1.82) is 0 Å². The summed E-state index contributed by atoms with van der Waals surface area (Å²) < 4.78 is 25.8. The van der Waals surface area contributed by atoms with E-state index in [-0.39, 0.29) is 5.91 Å². The summed E-state index contributed by atoms with van der Waals surface area (Å²) in [6.45, 7) is 4.82. The first kappa shape index (κ1) is 20.5. The number of nitrogens with zero attached hydrogens (tertiary/aromatic N) is 1. The van der Waals surface area contributed by atoms with E-state index in [4.69, 9.17) is 0 Å². The van der Waals surface area contributed by atoms with Crippen molar-refractivity contribution in [3.05, 3.63) is 41.0 Å². The quantitative estimate of drug-likeness (QED) is 0.705. The zero-order valence-corrected chi connectivity index (χ0v) is 16.9. The Labute approximate surface area is 157 Å². The van der Waals surface area contributed by atoms with E-state index in [0.29, 0.717) is 31.6 Å². The third-order valence-electron chi connectivity index (χ3n) is 4.56. The average molecular weight is 379 g/mol. The number of amides is 1. The van der Waals surface area contributed by atoms with Crippen LogP contribution >= 0.6 is 0 Å². The molecule has 0 spiro atoms. The molecule has 1 aromatic carbocycles. The van der Waals surface area contributed by atoms with Crippen molar-refractivity contribution in [1.82, 2.24) is 5.32 Å². The molecule has 2 rings (SSSR count). The zero-order valence-electron chi connectivity index (χ0n) is 16.0. The molecule has 0 heterocycles. The number of anilines is 1. The number of benzene rings is 1. The maximum absolute atomic E-state index is 12.2. The molecule has 0 atom stereocenters. The van der Waals surface area contributed by atoms with Crippen molar-refractivity contribution >= 4 is 21.6 Å². The van der Waals surface area contributed by atoms with Crippen LogP contribution in [0.2, 0.25) is 0 Å². The molecule has 0 radical (unpaired) electrons. The molecular formula is C20H30N2O3S. The topological polar surface area (TPSA) is 66.5 Å². The highest BCUT2D eigenvalue weighted by atomic mass is 32.2. The molecule has 144 valence electrons. The van der Waals surface area contributed by atoms with Crippen molar-refractivity contribution in [2.24, 2.45) is 0 Å².